The van der Waals surface area contributed by atoms with E-state index in [1.807, 2.05) is 19.2 Å². The number of rotatable bonds is 1. The Labute approximate surface area is 184 Å². The highest BCUT2D eigenvalue weighted by Crippen LogP contribution is 2.69. The highest BCUT2D eigenvalue weighted by atomic mass is 32.1. The van der Waals surface area contributed by atoms with Gasteiger partial charge in [-0.15, -0.1) is 0 Å². The van der Waals surface area contributed by atoms with Crippen LogP contribution in [0.3, 0.4) is 0 Å². The molecule has 7 unspecified atom stereocenters. The molecule has 1 aliphatic heterocycles. The summed E-state index contributed by atoms with van der Waals surface area (Å²) < 4.78 is 13.0. The molecule has 0 aromatic rings. The third kappa shape index (κ3) is 2.29. The van der Waals surface area contributed by atoms with Crippen molar-refractivity contribution in [1.82, 2.24) is 0 Å². The summed E-state index contributed by atoms with van der Waals surface area (Å²) in [4.78, 5) is 2.12. The van der Waals surface area contributed by atoms with Gasteiger partial charge in [0.1, 0.15) is 5.60 Å². The van der Waals surface area contributed by atoms with E-state index in [1.54, 1.807) is 0 Å². The molecule has 1 saturated heterocycles. The van der Waals surface area contributed by atoms with E-state index < -0.39 is 11.4 Å². The molecule has 150 valence electrons. The summed E-state index contributed by atoms with van der Waals surface area (Å²) in [5, 5.41) is 1.87. The van der Waals surface area contributed by atoms with E-state index in [9.17, 15) is 0 Å². The lowest BCUT2D eigenvalue weighted by Gasteiger charge is -2.58. The second-order valence-corrected chi connectivity index (χ2v) is 11.5. The van der Waals surface area contributed by atoms with Gasteiger partial charge in [0.15, 0.2) is 5.79 Å². The van der Waals surface area contributed by atoms with Crippen molar-refractivity contribution < 1.29 is 9.47 Å². The Hall–Kier alpha value is -0.330. The fraction of sp³-hybridized carbons (Fsp3) is 0.696. The van der Waals surface area contributed by atoms with Crippen molar-refractivity contribution in [3.05, 3.63) is 23.8 Å². The largest absolute Gasteiger partial charge is 0.344 e. The Bertz CT molecular complexity index is 858. The molecule has 5 rings (SSSR count). The fourth-order valence-corrected chi connectivity index (χ4v) is 8.76. The quantitative estimate of drug-likeness (QED) is 0.502. The van der Waals surface area contributed by atoms with Crippen LogP contribution in [0.25, 0.3) is 0 Å². The molecule has 5 aliphatic rings. The average molecular weight is 433 g/mol. The van der Waals surface area contributed by atoms with Gasteiger partial charge in [-0.05, 0) is 68.4 Å². The Balaban J connectivity index is 1.58. The first-order valence-electron chi connectivity index (χ1n) is 10.4. The third-order valence-corrected chi connectivity index (χ3v) is 9.50. The van der Waals surface area contributed by atoms with E-state index in [0.717, 1.165) is 30.5 Å². The van der Waals surface area contributed by atoms with Crippen molar-refractivity contribution >= 4 is 51.8 Å². The summed E-state index contributed by atoms with van der Waals surface area (Å²) in [6.45, 7) is 8.72. The molecule has 4 fully saturated rings. The summed E-state index contributed by atoms with van der Waals surface area (Å²) in [5.74, 6) is 0.833. The van der Waals surface area contributed by atoms with Gasteiger partial charge in [-0.2, -0.15) is 0 Å². The van der Waals surface area contributed by atoms with Gasteiger partial charge in [0.2, 0.25) is 0 Å². The molecule has 0 aromatic heterocycles. The van der Waals surface area contributed by atoms with Crippen molar-refractivity contribution in [3.8, 4) is 0 Å². The molecule has 28 heavy (non-hydrogen) atoms. The van der Waals surface area contributed by atoms with Crippen LogP contribution in [0.4, 0.5) is 0 Å². The van der Waals surface area contributed by atoms with Crippen LogP contribution in [0.15, 0.2) is 23.8 Å². The van der Waals surface area contributed by atoms with Crippen LogP contribution in [-0.2, 0) is 9.47 Å². The SMILES string of the molecule is CC1(C)OC2CC3C4CCC5=CC(=S)C=CC5(C)C4C(=S)CC3(C)C2(C=S)O1. The van der Waals surface area contributed by atoms with Gasteiger partial charge in [0, 0.05) is 27.0 Å². The molecule has 4 aliphatic carbocycles. The van der Waals surface area contributed by atoms with Crippen LogP contribution in [-0.4, -0.2) is 32.6 Å². The summed E-state index contributed by atoms with van der Waals surface area (Å²) in [7, 11) is 0. The van der Waals surface area contributed by atoms with Gasteiger partial charge in [0.25, 0.3) is 0 Å². The molecule has 0 N–H and O–H groups in total. The average Bonchev–Trinajstić information content (AvgIpc) is 3.01. The molecule has 0 spiro atoms. The van der Waals surface area contributed by atoms with Gasteiger partial charge in [-0.25, -0.2) is 0 Å². The molecule has 0 amide bonds. The molecule has 0 radical (unpaired) electrons. The van der Waals surface area contributed by atoms with Crippen molar-refractivity contribution in [3.63, 3.8) is 0 Å². The summed E-state index contributed by atoms with van der Waals surface area (Å²) >= 11 is 17.2. The van der Waals surface area contributed by atoms with Crippen molar-refractivity contribution in [2.75, 3.05) is 0 Å². The second-order valence-electron chi connectivity index (χ2n) is 10.3. The summed E-state index contributed by atoms with van der Waals surface area (Å²) in [6.07, 6.45) is 10.8. The first-order chi connectivity index (χ1) is 13.1. The molecule has 3 saturated carbocycles. The topological polar surface area (TPSA) is 18.5 Å². The lowest BCUT2D eigenvalue weighted by Crippen LogP contribution is -2.59. The van der Waals surface area contributed by atoms with E-state index in [4.69, 9.17) is 46.1 Å². The van der Waals surface area contributed by atoms with E-state index in [-0.39, 0.29) is 16.9 Å². The van der Waals surface area contributed by atoms with Crippen LogP contribution in [0, 0.1) is 28.6 Å². The Morgan fingerprint density at radius 2 is 1.93 bits per heavy atom. The van der Waals surface area contributed by atoms with E-state index in [2.05, 4.69) is 32.1 Å². The molecular weight excluding hydrogens is 404 g/mol. The van der Waals surface area contributed by atoms with Crippen molar-refractivity contribution in [2.24, 2.45) is 28.6 Å². The van der Waals surface area contributed by atoms with Crippen LogP contribution in [0.2, 0.25) is 0 Å². The molecule has 2 nitrogen and oxygen atoms in total. The maximum atomic E-state index is 6.57. The molecule has 1 heterocycles. The molecule has 0 aromatic carbocycles. The number of thiocarbonyl (C=S) groups is 3. The minimum atomic E-state index is -0.595. The number of fused-ring (bicyclic) bond motifs is 7. The van der Waals surface area contributed by atoms with E-state index in [0.29, 0.717) is 17.8 Å². The number of ether oxygens (including phenoxy) is 2. The maximum Gasteiger partial charge on any atom is 0.164 e. The zero-order chi connectivity index (χ0) is 20.1. The third-order valence-electron chi connectivity index (χ3n) is 8.50. The van der Waals surface area contributed by atoms with Gasteiger partial charge in [-0.1, -0.05) is 62.2 Å². The number of hydrogen-bond donors (Lipinski definition) is 0. The van der Waals surface area contributed by atoms with E-state index in [1.165, 1.54) is 10.4 Å². The van der Waals surface area contributed by atoms with Gasteiger partial charge in [0.05, 0.1) is 6.10 Å². The number of hydrogen-bond acceptors (Lipinski definition) is 5. The van der Waals surface area contributed by atoms with Gasteiger partial charge >= 0.3 is 0 Å². The zero-order valence-corrected chi connectivity index (χ0v) is 19.4. The van der Waals surface area contributed by atoms with Crippen molar-refractivity contribution in [1.29, 1.82) is 0 Å². The molecular formula is C23H28O2S3. The van der Waals surface area contributed by atoms with Crippen LogP contribution >= 0.6 is 36.7 Å². The predicted molar refractivity (Wildman–Crippen MR) is 124 cm³/mol. The Morgan fingerprint density at radius 1 is 1.18 bits per heavy atom. The molecule has 7 atom stereocenters. The van der Waals surface area contributed by atoms with Crippen molar-refractivity contribution in [2.45, 2.75) is 70.9 Å². The van der Waals surface area contributed by atoms with E-state index >= 15 is 0 Å². The minimum Gasteiger partial charge on any atom is -0.344 e. The Morgan fingerprint density at radius 3 is 2.64 bits per heavy atom. The predicted octanol–water partition coefficient (Wildman–Crippen LogP) is 5.57. The minimum absolute atomic E-state index is 0.00678. The highest BCUT2D eigenvalue weighted by molar-refractivity contribution is 7.81. The smallest absolute Gasteiger partial charge is 0.164 e. The zero-order valence-electron chi connectivity index (χ0n) is 17.0. The monoisotopic (exact) mass is 432 g/mol. The Kier molecular flexibility index (Phi) is 4.12. The van der Waals surface area contributed by atoms with Crippen LogP contribution in [0.1, 0.15) is 53.4 Å². The lowest BCUT2D eigenvalue weighted by atomic mass is 9.47. The maximum absolute atomic E-state index is 6.57. The lowest BCUT2D eigenvalue weighted by molar-refractivity contribution is -0.187. The van der Waals surface area contributed by atoms with Crippen LogP contribution in [0.5, 0.6) is 0 Å². The first-order valence-corrected chi connectivity index (χ1v) is 11.7. The first kappa shape index (κ1) is 19.6. The second kappa shape index (κ2) is 5.88. The highest BCUT2D eigenvalue weighted by Gasteiger charge is 2.73. The van der Waals surface area contributed by atoms with Gasteiger partial charge in [-0.3, -0.25) is 0 Å². The standard InChI is InChI=1S/C23H28O2S3/c1-20(2)24-18-10-16-15-6-5-13-9-14(27)7-8-21(13,3)19(15)17(28)11-22(16,4)23(18,12-26)25-20/h7-9,12,15-16,18-19H,5-6,10-11H2,1-4H3. The normalized spacial score (nSPS) is 51.1. The van der Waals surface area contributed by atoms with Gasteiger partial charge < -0.3 is 9.47 Å². The molecule has 0 bridgehead atoms. The summed E-state index contributed by atoms with van der Waals surface area (Å²) in [6, 6.07) is 0. The number of allylic oxidation sites excluding steroid dienone is 4. The van der Waals surface area contributed by atoms with Crippen LogP contribution < -0.4 is 0 Å². The summed E-state index contributed by atoms with van der Waals surface area (Å²) in [5.41, 5.74) is 0.833. The molecule has 5 heteroatoms. The fourth-order valence-electron chi connectivity index (χ4n) is 7.36.